The molecule has 0 aromatic heterocycles. The maximum Gasteiger partial charge on any atom is 0.336 e. The fourth-order valence-corrected chi connectivity index (χ4v) is 2.24. The second-order valence-corrected chi connectivity index (χ2v) is 3.78. The zero-order valence-corrected chi connectivity index (χ0v) is 6.82. The Labute approximate surface area is 70.7 Å². The molecule has 3 atom stereocenters. The minimum atomic E-state index is -0.942. The molecule has 4 nitrogen and oxygen atoms in total. The summed E-state index contributed by atoms with van der Waals surface area (Å²) in [7, 11) is 0. The highest BCUT2D eigenvalue weighted by Gasteiger charge is 2.51. The minimum Gasteiger partial charge on any atom is -0.479 e. The Balaban J connectivity index is 2.21. The van der Waals surface area contributed by atoms with Crippen LogP contribution in [0.2, 0.25) is 0 Å². The van der Waals surface area contributed by atoms with Crippen LogP contribution < -0.4 is 5.73 Å². The van der Waals surface area contributed by atoms with E-state index in [0.29, 0.717) is 12.8 Å². The largest absolute Gasteiger partial charge is 0.479 e. The molecule has 2 fully saturated rings. The van der Waals surface area contributed by atoms with E-state index >= 15 is 0 Å². The highest BCUT2D eigenvalue weighted by Crippen LogP contribution is 2.40. The molecule has 2 aliphatic heterocycles. The standard InChI is InChI=1S/C8H13NO3/c9-5-3-6-1-2-8(4-5,12-6)7(10)11/h5-6H,1-4,9H2,(H,10,11). The predicted molar refractivity (Wildman–Crippen MR) is 41.7 cm³/mol. The second kappa shape index (κ2) is 2.44. The molecule has 2 bridgehead atoms. The van der Waals surface area contributed by atoms with Crippen molar-refractivity contribution in [2.75, 3.05) is 0 Å². The number of carbonyl (C=O) groups is 1. The van der Waals surface area contributed by atoms with Crippen molar-refractivity contribution in [1.29, 1.82) is 0 Å². The number of carboxylic acids is 1. The van der Waals surface area contributed by atoms with Crippen LogP contribution in [0, 0.1) is 0 Å². The summed E-state index contributed by atoms with van der Waals surface area (Å²) >= 11 is 0. The van der Waals surface area contributed by atoms with Crippen LogP contribution in [0.3, 0.4) is 0 Å². The third-order valence-electron chi connectivity index (χ3n) is 2.81. The van der Waals surface area contributed by atoms with Gasteiger partial charge in [0.1, 0.15) is 0 Å². The van der Waals surface area contributed by atoms with Crippen molar-refractivity contribution in [2.24, 2.45) is 5.73 Å². The van der Waals surface area contributed by atoms with E-state index in [1.165, 1.54) is 0 Å². The number of hydrogen-bond donors (Lipinski definition) is 2. The Morgan fingerprint density at radius 2 is 2.42 bits per heavy atom. The van der Waals surface area contributed by atoms with Crippen LogP contribution in [0.15, 0.2) is 0 Å². The van der Waals surface area contributed by atoms with Crippen molar-refractivity contribution >= 4 is 5.97 Å². The Hall–Kier alpha value is -0.610. The monoisotopic (exact) mass is 171 g/mol. The molecular weight excluding hydrogens is 158 g/mol. The summed E-state index contributed by atoms with van der Waals surface area (Å²) in [6.07, 6.45) is 2.85. The fourth-order valence-electron chi connectivity index (χ4n) is 2.24. The third-order valence-corrected chi connectivity index (χ3v) is 2.81. The number of aliphatic carboxylic acids is 1. The number of carboxylic acid groups (broad SMARTS) is 1. The van der Waals surface area contributed by atoms with E-state index in [1.54, 1.807) is 0 Å². The Morgan fingerprint density at radius 1 is 1.67 bits per heavy atom. The lowest BCUT2D eigenvalue weighted by Crippen LogP contribution is -2.48. The normalized spacial score (nSPS) is 46.1. The van der Waals surface area contributed by atoms with Crippen LogP contribution in [-0.4, -0.2) is 28.8 Å². The van der Waals surface area contributed by atoms with E-state index in [0.717, 1.165) is 12.8 Å². The van der Waals surface area contributed by atoms with Gasteiger partial charge in [-0.15, -0.1) is 0 Å². The zero-order valence-electron chi connectivity index (χ0n) is 6.82. The maximum absolute atomic E-state index is 10.9. The van der Waals surface area contributed by atoms with E-state index in [1.807, 2.05) is 0 Å². The second-order valence-electron chi connectivity index (χ2n) is 3.78. The van der Waals surface area contributed by atoms with Gasteiger partial charge in [0, 0.05) is 12.5 Å². The SMILES string of the molecule is NC1CC2CCC(C(=O)O)(C1)O2. The first-order chi connectivity index (χ1) is 5.62. The number of hydrogen-bond acceptors (Lipinski definition) is 3. The van der Waals surface area contributed by atoms with Crippen LogP contribution in [0.25, 0.3) is 0 Å². The van der Waals surface area contributed by atoms with E-state index in [4.69, 9.17) is 15.6 Å². The summed E-state index contributed by atoms with van der Waals surface area (Å²) in [4.78, 5) is 10.9. The Bertz CT molecular complexity index is 218. The quantitative estimate of drug-likeness (QED) is 0.587. The van der Waals surface area contributed by atoms with Gasteiger partial charge in [-0.25, -0.2) is 4.79 Å². The number of ether oxygens (including phenoxy) is 1. The zero-order chi connectivity index (χ0) is 8.77. The lowest BCUT2D eigenvalue weighted by atomic mass is 9.92. The van der Waals surface area contributed by atoms with E-state index < -0.39 is 11.6 Å². The van der Waals surface area contributed by atoms with E-state index in [9.17, 15) is 4.79 Å². The smallest absolute Gasteiger partial charge is 0.336 e. The summed E-state index contributed by atoms with van der Waals surface area (Å²) in [6.45, 7) is 0. The first-order valence-corrected chi connectivity index (χ1v) is 4.29. The van der Waals surface area contributed by atoms with Crippen LogP contribution in [0.5, 0.6) is 0 Å². The summed E-state index contributed by atoms with van der Waals surface area (Å²) in [5.74, 6) is -0.847. The fraction of sp³-hybridized carbons (Fsp3) is 0.875. The van der Waals surface area contributed by atoms with Crippen LogP contribution in [-0.2, 0) is 9.53 Å². The first-order valence-electron chi connectivity index (χ1n) is 4.29. The van der Waals surface area contributed by atoms with E-state index in [2.05, 4.69) is 0 Å². The van der Waals surface area contributed by atoms with Crippen LogP contribution in [0.1, 0.15) is 25.7 Å². The van der Waals surface area contributed by atoms with Gasteiger partial charge in [-0.2, -0.15) is 0 Å². The molecule has 3 unspecified atom stereocenters. The van der Waals surface area contributed by atoms with Gasteiger partial charge in [-0.1, -0.05) is 0 Å². The molecule has 0 spiro atoms. The molecule has 0 aromatic rings. The van der Waals surface area contributed by atoms with E-state index in [-0.39, 0.29) is 12.1 Å². The molecule has 12 heavy (non-hydrogen) atoms. The van der Waals surface area contributed by atoms with Gasteiger partial charge in [0.2, 0.25) is 0 Å². The summed E-state index contributed by atoms with van der Waals surface area (Å²) < 4.78 is 5.44. The van der Waals surface area contributed by atoms with Crippen molar-refractivity contribution in [3.63, 3.8) is 0 Å². The molecule has 0 amide bonds. The van der Waals surface area contributed by atoms with Crippen LogP contribution >= 0.6 is 0 Å². The summed E-state index contributed by atoms with van der Waals surface area (Å²) in [6, 6.07) is 0.00218. The molecular formula is C8H13NO3. The van der Waals surface area contributed by atoms with Crippen molar-refractivity contribution in [2.45, 2.75) is 43.4 Å². The molecule has 0 aromatic carbocycles. The van der Waals surface area contributed by atoms with Gasteiger partial charge in [-0.05, 0) is 19.3 Å². The molecule has 2 heterocycles. The van der Waals surface area contributed by atoms with Gasteiger partial charge >= 0.3 is 5.97 Å². The molecule has 68 valence electrons. The van der Waals surface area contributed by atoms with Crippen molar-refractivity contribution in [3.8, 4) is 0 Å². The molecule has 0 aliphatic carbocycles. The number of rotatable bonds is 1. The predicted octanol–water partition coefficient (Wildman–Crippen LogP) is 0.110. The highest BCUT2D eigenvalue weighted by atomic mass is 16.5. The van der Waals surface area contributed by atoms with Crippen molar-refractivity contribution in [3.05, 3.63) is 0 Å². The summed E-state index contributed by atoms with van der Waals surface area (Å²) in [5, 5.41) is 8.95. The molecule has 2 rings (SSSR count). The molecule has 0 saturated carbocycles. The first kappa shape index (κ1) is 8.01. The molecule has 0 radical (unpaired) electrons. The van der Waals surface area contributed by atoms with Crippen LogP contribution in [0.4, 0.5) is 0 Å². The molecule has 2 saturated heterocycles. The topological polar surface area (TPSA) is 72.6 Å². The lowest BCUT2D eigenvalue weighted by molar-refractivity contribution is -0.171. The van der Waals surface area contributed by atoms with Gasteiger partial charge in [0.25, 0.3) is 0 Å². The summed E-state index contributed by atoms with van der Waals surface area (Å²) in [5.41, 5.74) is 4.79. The number of fused-ring (bicyclic) bond motifs is 2. The average molecular weight is 171 g/mol. The molecule has 2 aliphatic rings. The van der Waals surface area contributed by atoms with Gasteiger partial charge in [-0.3, -0.25) is 0 Å². The average Bonchev–Trinajstić information content (AvgIpc) is 2.28. The third kappa shape index (κ3) is 1.03. The van der Waals surface area contributed by atoms with Crippen molar-refractivity contribution in [1.82, 2.24) is 0 Å². The van der Waals surface area contributed by atoms with Gasteiger partial charge < -0.3 is 15.6 Å². The maximum atomic E-state index is 10.9. The Kier molecular flexibility index (Phi) is 1.63. The molecule has 4 heteroatoms. The Morgan fingerprint density at radius 3 is 3.08 bits per heavy atom. The van der Waals surface area contributed by atoms with Crippen molar-refractivity contribution < 1.29 is 14.6 Å². The molecule has 3 N–H and O–H groups in total. The minimum absolute atomic E-state index is 0.00218. The highest BCUT2D eigenvalue weighted by molar-refractivity contribution is 5.78. The number of nitrogens with two attached hydrogens (primary N) is 1. The lowest BCUT2D eigenvalue weighted by Gasteiger charge is -2.33. The van der Waals surface area contributed by atoms with Gasteiger partial charge in [0.05, 0.1) is 6.10 Å². The van der Waals surface area contributed by atoms with Gasteiger partial charge in [0.15, 0.2) is 5.60 Å².